The van der Waals surface area contributed by atoms with E-state index in [4.69, 9.17) is 11.6 Å². The molecule has 6 nitrogen and oxygen atoms in total. The van der Waals surface area contributed by atoms with Crippen molar-refractivity contribution in [2.75, 3.05) is 37.6 Å². The number of benzene rings is 1. The lowest BCUT2D eigenvalue weighted by molar-refractivity contribution is 0.258. The topological polar surface area (TPSA) is 69.3 Å². The van der Waals surface area contributed by atoms with Gasteiger partial charge in [-0.2, -0.15) is 0 Å². The molecule has 2 aromatic heterocycles. The standard InChI is InChI=1S/C20H22ClFN4O2S/c1-2-5-25-6-8-26(9-7-25)15-11-16-19(13-24-20(16)23-12-15)29(27,28)18-4-3-14(22)10-17(18)21/h3-4,10-13H,2,5-9H2,1H3,(H,23,24). The number of halogens is 2. The third kappa shape index (κ3) is 3.84. The smallest absolute Gasteiger partial charge is 0.210 e. The maximum absolute atomic E-state index is 13.4. The number of rotatable bonds is 5. The van der Waals surface area contributed by atoms with Gasteiger partial charge in [-0.1, -0.05) is 18.5 Å². The third-order valence-corrected chi connectivity index (χ3v) is 7.51. The Labute approximate surface area is 174 Å². The van der Waals surface area contributed by atoms with E-state index >= 15 is 0 Å². The first kappa shape index (κ1) is 20.1. The lowest BCUT2D eigenvalue weighted by Crippen LogP contribution is -2.46. The first-order chi connectivity index (χ1) is 13.9. The van der Waals surface area contributed by atoms with Crippen LogP contribution in [0.15, 0.2) is 46.5 Å². The van der Waals surface area contributed by atoms with Crippen molar-refractivity contribution < 1.29 is 12.8 Å². The molecule has 4 rings (SSSR count). The zero-order valence-electron chi connectivity index (χ0n) is 16.0. The number of aromatic nitrogens is 2. The number of piperazine rings is 1. The number of hydrogen-bond donors (Lipinski definition) is 1. The van der Waals surface area contributed by atoms with E-state index in [1.165, 1.54) is 12.3 Å². The van der Waals surface area contributed by atoms with Crippen molar-refractivity contribution in [3.05, 3.63) is 47.5 Å². The molecule has 0 aliphatic carbocycles. The molecule has 0 saturated carbocycles. The van der Waals surface area contributed by atoms with E-state index in [1.54, 1.807) is 6.20 Å². The molecule has 0 radical (unpaired) electrons. The summed E-state index contributed by atoms with van der Waals surface area (Å²) in [6.45, 7) is 6.92. The van der Waals surface area contributed by atoms with Gasteiger partial charge in [-0.15, -0.1) is 0 Å². The lowest BCUT2D eigenvalue weighted by Gasteiger charge is -2.35. The Morgan fingerprint density at radius 3 is 2.62 bits per heavy atom. The number of nitrogens with one attached hydrogen (secondary N) is 1. The number of sulfone groups is 1. The Morgan fingerprint density at radius 2 is 1.93 bits per heavy atom. The number of fused-ring (bicyclic) bond motifs is 1. The summed E-state index contributed by atoms with van der Waals surface area (Å²) >= 11 is 6.02. The molecule has 1 fully saturated rings. The van der Waals surface area contributed by atoms with Gasteiger partial charge in [0.25, 0.3) is 0 Å². The van der Waals surface area contributed by atoms with Gasteiger partial charge in [0.15, 0.2) is 0 Å². The summed E-state index contributed by atoms with van der Waals surface area (Å²) in [6.07, 6.45) is 4.30. The Morgan fingerprint density at radius 1 is 1.17 bits per heavy atom. The first-order valence-corrected chi connectivity index (χ1v) is 11.4. The SMILES string of the molecule is CCCN1CCN(c2cnc3[nH]cc(S(=O)(=O)c4ccc(F)cc4Cl)c3c2)CC1. The molecule has 0 bridgehead atoms. The van der Waals surface area contributed by atoms with Crippen LogP contribution in [0.2, 0.25) is 5.02 Å². The summed E-state index contributed by atoms with van der Waals surface area (Å²) in [5, 5.41) is 0.356. The number of pyridine rings is 1. The molecule has 1 aromatic carbocycles. The van der Waals surface area contributed by atoms with Gasteiger partial charge in [0.05, 0.1) is 26.7 Å². The van der Waals surface area contributed by atoms with Crippen molar-refractivity contribution in [2.45, 2.75) is 23.1 Å². The highest BCUT2D eigenvalue weighted by atomic mass is 35.5. The number of hydrogen-bond acceptors (Lipinski definition) is 5. The van der Waals surface area contributed by atoms with E-state index in [0.717, 1.165) is 57.0 Å². The van der Waals surface area contributed by atoms with Crippen LogP contribution in [-0.4, -0.2) is 56.0 Å². The van der Waals surface area contributed by atoms with Crippen LogP contribution >= 0.6 is 11.6 Å². The monoisotopic (exact) mass is 436 g/mol. The van der Waals surface area contributed by atoms with Crippen molar-refractivity contribution in [3.8, 4) is 0 Å². The molecular formula is C20H22ClFN4O2S. The maximum Gasteiger partial charge on any atom is 0.210 e. The minimum Gasteiger partial charge on any atom is -0.368 e. The molecule has 0 unspecified atom stereocenters. The Hall–Kier alpha value is -2.16. The second-order valence-electron chi connectivity index (χ2n) is 7.15. The van der Waals surface area contributed by atoms with E-state index in [2.05, 4.69) is 26.7 Å². The van der Waals surface area contributed by atoms with Crippen molar-refractivity contribution >= 4 is 38.2 Å². The van der Waals surface area contributed by atoms with E-state index < -0.39 is 15.7 Å². The molecule has 0 amide bonds. The molecule has 3 heterocycles. The second-order valence-corrected chi connectivity index (χ2v) is 9.44. The van der Waals surface area contributed by atoms with Crippen LogP contribution in [0.5, 0.6) is 0 Å². The van der Waals surface area contributed by atoms with Gasteiger partial charge in [0, 0.05) is 37.8 Å². The number of nitrogens with zero attached hydrogens (tertiary/aromatic N) is 3. The minimum absolute atomic E-state index is 0.0833. The first-order valence-electron chi connectivity index (χ1n) is 9.54. The molecule has 1 saturated heterocycles. The summed E-state index contributed by atoms with van der Waals surface area (Å²) in [5.74, 6) is -0.584. The fourth-order valence-corrected chi connectivity index (χ4v) is 5.65. The van der Waals surface area contributed by atoms with Gasteiger partial charge in [0.2, 0.25) is 9.84 Å². The zero-order valence-corrected chi connectivity index (χ0v) is 17.6. The number of aromatic amines is 1. The van der Waals surface area contributed by atoms with Crippen LogP contribution in [0.3, 0.4) is 0 Å². The number of anilines is 1. The van der Waals surface area contributed by atoms with E-state index in [-0.39, 0.29) is 14.8 Å². The predicted molar refractivity (Wildman–Crippen MR) is 112 cm³/mol. The molecule has 154 valence electrons. The van der Waals surface area contributed by atoms with E-state index in [0.29, 0.717) is 11.0 Å². The maximum atomic E-state index is 13.4. The molecular weight excluding hydrogens is 415 g/mol. The van der Waals surface area contributed by atoms with Crippen molar-refractivity contribution in [3.63, 3.8) is 0 Å². The van der Waals surface area contributed by atoms with Gasteiger partial charge >= 0.3 is 0 Å². The van der Waals surface area contributed by atoms with Gasteiger partial charge < -0.3 is 9.88 Å². The Bertz CT molecular complexity index is 1140. The van der Waals surface area contributed by atoms with Crippen molar-refractivity contribution in [1.29, 1.82) is 0 Å². The molecule has 1 aliphatic rings. The summed E-state index contributed by atoms with van der Waals surface area (Å²) in [7, 11) is -3.93. The average Bonchev–Trinajstić information content (AvgIpc) is 3.12. The summed E-state index contributed by atoms with van der Waals surface area (Å²) in [5.41, 5.74) is 1.37. The number of H-pyrrole nitrogens is 1. The van der Waals surface area contributed by atoms with Crippen molar-refractivity contribution in [1.82, 2.24) is 14.9 Å². The lowest BCUT2D eigenvalue weighted by atomic mass is 10.2. The van der Waals surface area contributed by atoms with Crippen LogP contribution in [0.1, 0.15) is 13.3 Å². The second kappa shape index (κ2) is 7.93. The van der Waals surface area contributed by atoms with Crippen LogP contribution < -0.4 is 4.90 Å². The fraction of sp³-hybridized carbons (Fsp3) is 0.350. The van der Waals surface area contributed by atoms with Crippen LogP contribution in [0.25, 0.3) is 11.0 Å². The molecule has 3 aromatic rings. The van der Waals surface area contributed by atoms with Gasteiger partial charge in [-0.05, 0) is 37.2 Å². The molecule has 9 heteroatoms. The highest BCUT2D eigenvalue weighted by molar-refractivity contribution is 7.91. The summed E-state index contributed by atoms with van der Waals surface area (Å²) in [4.78, 5) is 11.9. The minimum atomic E-state index is -3.93. The molecule has 0 atom stereocenters. The summed E-state index contributed by atoms with van der Waals surface area (Å²) in [6, 6.07) is 5.13. The normalized spacial score (nSPS) is 15.9. The predicted octanol–water partition coefficient (Wildman–Crippen LogP) is 3.72. The third-order valence-electron chi connectivity index (χ3n) is 5.23. The average molecular weight is 437 g/mol. The zero-order chi connectivity index (χ0) is 20.6. The van der Waals surface area contributed by atoms with Gasteiger partial charge in [-0.25, -0.2) is 17.8 Å². The highest BCUT2D eigenvalue weighted by Gasteiger charge is 2.26. The van der Waals surface area contributed by atoms with Gasteiger partial charge in [-0.3, -0.25) is 4.90 Å². The quantitative estimate of drug-likeness (QED) is 0.617. The molecule has 1 aliphatic heterocycles. The Balaban J connectivity index is 1.69. The molecule has 1 N–H and O–H groups in total. The Kier molecular flexibility index (Phi) is 5.50. The van der Waals surface area contributed by atoms with E-state index in [1.807, 2.05) is 6.07 Å². The van der Waals surface area contributed by atoms with E-state index in [9.17, 15) is 12.8 Å². The largest absolute Gasteiger partial charge is 0.368 e. The molecule has 29 heavy (non-hydrogen) atoms. The summed E-state index contributed by atoms with van der Waals surface area (Å²) < 4.78 is 39.7. The molecule has 0 spiro atoms. The van der Waals surface area contributed by atoms with Crippen LogP contribution in [0.4, 0.5) is 10.1 Å². The van der Waals surface area contributed by atoms with Gasteiger partial charge in [0.1, 0.15) is 11.5 Å². The van der Waals surface area contributed by atoms with Crippen molar-refractivity contribution in [2.24, 2.45) is 0 Å². The highest BCUT2D eigenvalue weighted by Crippen LogP contribution is 2.33. The van der Waals surface area contributed by atoms with Crippen LogP contribution in [0, 0.1) is 5.82 Å². The fourth-order valence-electron chi connectivity index (χ4n) is 3.72. The van der Waals surface area contributed by atoms with Crippen LogP contribution in [-0.2, 0) is 9.84 Å².